The first-order valence-electron chi connectivity index (χ1n) is 8.72. The van der Waals surface area contributed by atoms with Crippen LogP contribution in [0.5, 0.6) is 5.75 Å². The average Bonchev–Trinajstić information content (AvgIpc) is 3.33. The number of hydrogen-bond donors (Lipinski definition) is 0. The largest absolute Gasteiger partial charge is 0.497 e. The fraction of sp³-hybridized carbons (Fsp3) is 0.0870. The minimum atomic E-state index is 0.0260. The zero-order chi connectivity index (χ0) is 18.6. The number of methoxy groups -OCH3 is 1. The van der Waals surface area contributed by atoms with Gasteiger partial charge in [0, 0.05) is 10.5 Å². The Morgan fingerprint density at radius 3 is 2.44 bits per heavy atom. The number of ether oxygens (including phenoxy) is 1. The Morgan fingerprint density at radius 2 is 1.78 bits per heavy atom. The molecule has 134 valence electrons. The highest BCUT2D eigenvalue weighted by molar-refractivity contribution is 7.10. The van der Waals surface area contributed by atoms with Gasteiger partial charge in [-0.25, -0.2) is 0 Å². The van der Waals surface area contributed by atoms with Gasteiger partial charge in [-0.15, -0.1) is 11.3 Å². The van der Waals surface area contributed by atoms with Crippen molar-refractivity contribution in [3.8, 4) is 5.75 Å². The summed E-state index contributed by atoms with van der Waals surface area (Å²) in [5, 5.41) is 2.02. The lowest BCUT2D eigenvalue weighted by molar-refractivity contribution is -0.123. The van der Waals surface area contributed by atoms with Crippen molar-refractivity contribution in [3.63, 3.8) is 0 Å². The fourth-order valence-corrected chi connectivity index (χ4v) is 3.77. The normalized spacial score (nSPS) is 15.3. The molecule has 4 heteroatoms. The summed E-state index contributed by atoms with van der Waals surface area (Å²) in [6.07, 6.45) is 3.94. The maximum atomic E-state index is 13.1. The van der Waals surface area contributed by atoms with Crippen molar-refractivity contribution in [3.05, 3.63) is 99.8 Å². The van der Waals surface area contributed by atoms with Crippen LogP contribution in [0.2, 0.25) is 0 Å². The van der Waals surface area contributed by atoms with Crippen LogP contribution < -0.4 is 4.74 Å². The second-order valence-corrected chi connectivity index (χ2v) is 7.23. The zero-order valence-corrected chi connectivity index (χ0v) is 15.8. The number of benzene rings is 2. The van der Waals surface area contributed by atoms with Crippen LogP contribution >= 0.6 is 11.3 Å². The third kappa shape index (κ3) is 3.71. The van der Waals surface area contributed by atoms with Gasteiger partial charge >= 0.3 is 0 Å². The average molecular weight is 373 g/mol. The van der Waals surface area contributed by atoms with Gasteiger partial charge in [0.05, 0.1) is 19.4 Å². The molecular formula is C23H19NO2S. The number of carbonyl (C=O) groups is 1. The van der Waals surface area contributed by atoms with E-state index in [0.29, 0.717) is 12.1 Å². The van der Waals surface area contributed by atoms with Gasteiger partial charge in [0.25, 0.3) is 5.91 Å². The topological polar surface area (TPSA) is 29.5 Å². The predicted octanol–water partition coefficient (Wildman–Crippen LogP) is 5.22. The molecule has 3 nitrogen and oxygen atoms in total. The van der Waals surface area contributed by atoms with Crippen LogP contribution in [0.3, 0.4) is 0 Å². The van der Waals surface area contributed by atoms with Crippen LogP contribution in [0.25, 0.3) is 11.8 Å². The van der Waals surface area contributed by atoms with Gasteiger partial charge in [0.1, 0.15) is 5.75 Å². The molecule has 1 aliphatic heterocycles. The zero-order valence-electron chi connectivity index (χ0n) is 15.0. The van der Waals surface area contributed by atoms with E-state index in [2.05, 4.69) is 0 Å². The lowest BCUT2D eigenvalue weighted by Crippen LogP contribution is -2.25. The molecule has 3 aromatic rings. The molecule has 0 radical (unpaired) electrons. The highest BCUT2D eigenvalue weighted by Crippen LogP contribution is 2.33. The van der Waals surface area contributed by atoms with Gasteiger partial charge < -0.3 is 9.64 Å². The summed E-state index contributed by atoms with van der Waals surface area (Å²) in [7, 11) is 1.65. The maximum Gasteiger partial charge on any atom is 0.258 e. The highest BCUT2D eigenvalue weighted by Gasteiger charge is 2.29. The molecular weight excluding hydrogens is 354 g/mol. The highest BCUT2D eigenvalue weighted by atomic mass is 32.1. The Labute approximate surface area is 162 Å². The van der Waals surface area contributed by atoms with E-state index in [9.17, 15) is 4.79 Å². The van der Waals surface area contributed by atoms with Gasteiger partial charge in [0.2, 0.25) is 0 Å². The summed E-state index contributed by atoms with van der Waals surface area (Å²) < 4.78 is 5.26. The van der Waals surface area contributed by atoms with E-state index < -0.39 is 0 Å². The minimum absolute atomic E-state index is 0.0260. The van der Waals surface area contributed by atoms with Crippen molar-refractivity contribution in [1.82, 2.24) is 4.90 Å². The van der Waals surface area contributed by atoms with E-state index in [4.69, 9.17) is 4.74 Å². The number of nitrogens with zero attached hydrogens (tertiary/aromatic N) is 1. The third-order valence-electron chi connectivity index (χ3n) is 4.49. The molecule has 4 rings (SSSR count). The van der Waals surface area contributed by atoms with Gasteiger partial charge in [-0.3, -0.25) is 4.79 Å². The molecule has 0 unspecified atom stereocenters. The number of carbonyl (C=O) groups excluding carboxylic acids is 1. The van der Waals surface area contributed by atoms with Gasteiger partial charge in [-0.2, -0.15) is 0 Å². The summed E-state index contributed by atoms with van der Waals surface area (Å²) in [5.41, 5.74) is 3.71. The summed E-state index contributed by atoms with van der Waals surface area (Å²) in [5.74, 6) is 0.825. The second kappa shape index (κ2) is 7.64. The van der Waals surface area contributed by atoms with E-state index in [0.717, 1.165) is 27.5 Å². The molecule has 0 fully saturated rings. The molecule has 2 heterocycles. The molecule has 1 aromatic heterocycles. The molecule has 2 aromatic carbocycles. The molecule has 27 heavy (non-hydrogen) atoms. The fourth-order valence-electron chi connectivity index (χ4n) is 3.11. The van der Waals surface area contributed by atoms with Crippen molar-refractivity contribution in [2.75, 3.05) is 7.11 Å². The van der Waals surface area contributed by atoms with Crippen molar-refractivity contribution in [2.45, 2.75) is 6.54 Å². The van der Waals surface area contributed by atoms with Crippen molar-refractivity contribution in [2.24, 2.45) is 0 Å². The quantitative estimate of drug-likeness (QED) is 0.574. The van der Waals surface area contributed by atoms with Crippen LogP contribution in [-0.2, 0) is 11.3 Å². The predicted molar refractivity (Wildman–Crippen MR) is 110 cm³/mol. The number of thiophene rings is 1. The smallest absolute Gasteiger partial charge is 0.258 e. The lowest BCUT2D eigenvalue weighted by atomic mass is 10.1. The Hall–Kier alpha value is -3.11. The molecule has 0 aliphatic carbocycles. The summed E-state index contributed by atoms with van der Waals surface area (Å²) in [4.78, 5) is 16.0. The third-order valence-corrected chi connectivity index (χ3v) is 5.30. The standard InChI is InChI=1S/C23H19NO2S/c1-26-20-11-9-18(10-12-20)22-15-19(14-21-8-5-13-27-21)23(25)24(22)16-17-6-3-2-4-7-17/h2-15H,16H2,1H3/b19-14+. The van der Waals surface area contributed by atoms with E-state index in [1.54, 1.807) is 18.4 Å². The van der Waals surface area contributed by atoms with Crippen LogP contribution in [0, 0.1) is 0 Å². The van der Waals surface area contributed by atoms with Gasteiger partial charge in [-0.05, 0) is 59.0 Å². The molecule has 0 spiro atoms. The van der Waals surface area contributed by atoms with Crippen LogP contribution in [0.4, 0.5) is 0 Å². The summed E-state index contributed by atoms with van der Waals surface area (Å²) in [6, 6.07) is 21.9. The summed E-state index contributed by atoms with van der Waals surface area (Å²) >= 11 is 1.63. The lowest BCUT2D eigenvalue weighted by Gasteiger charge is -2.21. The first-order chi connectivity index (χ1) is 13.2. The molecule has 0 atom stereocenters. The molecule has 0 bridgehead atoms. The number of rotatable bonds is 5. The molecule has 1 amide bonds. The minimum Gasteiger partial charge on any atom is -0.497 e. The van der Waals surface area contributed by atoms with Crippen molar-refractivity contribution < 1.29 is 9.53 Å². The SMILES string of the molecule is COc1ccc(C2=C/C(=C\c3cccs3)C(=O)N2Cc2ccccc2)cc1. The monoisotopic (exact) mass is 373 g/mol. The molecule has 0 saturated carbocycles. The van der Waals surface area contributed by atoms with E-state index in [1.807, 2.05) is 89.2 Å². The Morgan fingerprint density at radius 1 is 1.00 bits per heavy atom. The first kappa shape index (κ1) is 17.3. The molecule has 0 N–H and O–H groups in total. The maximum absolute atomic E-state index is 13.1. The van der Waals surface area contributed by atoms with Crippen molar-refractivity contribution in [1.29, 1.82) is 0 Å². The Balaban J connectivity index is 1.72. The van der Waals surface area contributed by atoms with E-state index in [1.165, 1.54) is 0 Å². The molecule has 1 aliphatic rings. The molecule has 0 saturated heterocycles. The van der Waals surface area contributed by atoms with Crippen LogP contribution in [-0.4, -0.2) is 17.9 Å². The second-order valence-electron chi connectivity index (χ2n) is 6.25. The Kier molecular flexibility index (Phi) is 4.90. The number of hydrogen-bond acceptors (Lipinski definition) is 3. The van der Waals surface area contributed by atoms with E-state index >= 15 is 0 Å². The summed E-state index contributed by atoms with van der Waals surface area (Å²) in [6.45, 7) is 0.541. The van der Waals surface area contributed by atoms with E-state index in [-0.39, 0.29) is 5.91 Å². The first-order valence-corrected chi connectivity index (χ1v) is 9.60. The van der Waals surface area contributed by atoms with Crippen molar-refractivity contribution >= 4 is 29.0 Å². The van der Waals surface area contributed by atoms with Crippen LogP contribution in [0.1, 0.15) is 16.0 Å². The van der Waals surface area contributed by atoms with Gasteiger partial charge in [-0.1, -0.05) is 36.4 Å². The number of amides is 1. The van der Waals surface area contributed by atoms with Gasteiger partial charge in [0.15, 0.2) is 0 Å². The van der Waals surface area contributed by atoms with Crippen LogP contribution in [0.15, 0.2) is 83.8 Å². The Bertz CT molecular complexity index is 987.